The Morgan fingerprint density at radius 1 is 1.47 bits per heavy atom. The van der Waals surface area contributed by atoms with Crippen molar-refractivity contribution in [3.8, 4) is 0 Å². The van der Waals surface area contributed by atoms with Crippen LogP contribution in [-0.4, -0.2) is 14.5 Å². The van der Waals surface area contributed by atoms with E-state index in [0.29, 0.717) is 16.9 Å². The SMILES string of the molecule is Cc1cc(=O)n(Cc2cc(N)ccn2)cc1[N+](=O)[O-]. The summed E-state index contributed by atoms with van der Waals surface area (Å²) in [5.41, 5.74) is 6.65. The smallest absolute Gasteiger partial charge is 0.288 e. The summed E-state index contributed by atoms with van der Waals surface area (Å²) in [4.78, 5) is 26.2. The minimum atomic E-state index is -0.516. The van der Waals surface area contributed by atoms with Crippen molar-refractivity contribution in [2.75, 3.05) is 5.73 Å². The Hall–Kier alpha value is -2.70. The zero-order chi connectivity index (χ0) is 14.0. The Bertz CT molecular complexity index is 694. The van der Waals surface area contributed by atoms with Crippen molar-refractivity contribution in [1.82, 2.24) is 9.55 Å². The van der Waals surface area contributed by atoms with Gasteiger partial charge in [-0.2, -0.15) is 0 Å². The van der Waals surface area contributed by atoms with Crippen LogP contribution in [-0.2, 0) is 6.54 Å². The second-order valence-electron chi connectivity index (χ2n) is 4.15. The van der Waals surface area contributed by atoms with Gasteiger partial charge in [0.2, 0.25) is 0 Å². The first-order valence-corrected chi connectivity index (χ1v) is 5.53. The molecule has 0 saturated carbocycles. The molecule has 19 heavy (non-hydrogen) atoms. The number of hydrogen-bond acceptors (Lipinski definition) is 5. The first-order valence-electron chi connectivity index (χ1n) is 5.53. The first-order chi connectivity index (χ1) is 8.97. The lowest BCUT2D eigenvalue weighted by molar-refractivity contribution is -0.385. The fourth-order valence-electron chi connectivity index (χ4n) is 1.73. The van der Waals surface area contributed by atoms with Gasteiger partial charge >= 0.3 is 0 Å². The van der Waals surface area contributed by atoms with E-state index in [2.05, 4.69) is 4.98 Å². The summed E-state index contributed by atoms with van der Waals surface area (Å²) in [6.07, 6.45) is 2.75. The number of nitro groups is 1. The minimum absolute atomic E-state index is 0.0940. The number of anilines is 1. The second kappa shape index (κ2) is 4.89. The molecule has 98 valence electrons. The van der Waals surface area contributed by atoms with E-state index in [1.807, 2.05) is 0 Å². The third-order valence-corrected chi connectivity index (χ3v) is 2.67. The molecular weight excluding hydrogens is 248 g/mol. The number of nitrogens with zero attached hydrogens (tertiary/aromatic N) is 3. The van der Waals surface area contributed by atoms with Crippen molar-refractivity contribution in [2.24, 2.45) is 0 Å². The Kier molecular flexibility index (Phi) is 3.28. The van der Waals surface area contributed by atoms with Crippen LogP contribution in [0.1, 0.15) is 11.3 Å². The summed E-state index contributed by atoms with van der Waals surface area (Å²) in [7, 11) is 0. The number of rotatable bonds is 3. The van der Waals surface area contributed by atoms with Gasteiger partial charge in [-0.15, -0.1) is 0 Å². The molecule has 0 aromatic carbocycles. The van der Waals surface area contributed by atoms with Crippen LogP contribution in [0.2, 0.25) is 0 Å². The Balaban J connectivity index is 2.43. The van der Waals surface area contributed by atoms with Crippen LogP contribution in [0.5, 0.6) is 0 Å². The summed E-state index contributed by atoms with van der Waals surface area (Å²) in [6.45, 7) is 1.67. The standard InChI is InChI=1S/C12H12N4O3/c1-8-4-12(17)15(7-11(8)16(18)19)6-10-5-9(13)2-3-14-10/h2-5,7H,6H2,1H3,(H2,13,14). The molecule has 0 bridgehead atoms. The molecule has 0 saturated heterocycles. The van der Waals surface area contributed by atoms with E-state index in [1.165, 1.54) is 30.0 Å². The van der Waals surface area contributed by atoms with Gasteiger partial charge in [-0.05, 0) is 19.1 Å². The van der Waals surface area contributed by atoms with Gasteiger partial charge in [-0.3, -0.25) is 19.9 Å². The summed E-state index contributed by atoms with van der Waals surface area (Å²) >= 11 is 0. The molecule has 0 fully saturated rings. The number of nitrogen functional groups attached to an aromatic ring is 1. The van der Waals surface area contributed by atoms with Crippen LogP contribution in [0, 0.1) is 17.0 Å². The van der Waals surface area contributed by atoms with E-state index in [-0.39, 0.29) is 17.8 Å². The van der Waals surface area contributed by atoms with Gasteiger partial charge in [-0.25, -0.2) is 0 Å². The van der Waals surface area contributed by atoms with Crippen LogP contribution in [0.15, 0.2) is 35.4 Å². The van der Waals surface area contributed by atoms with Gasteiger partial charge in [-0.1, -0.05) is 0 Å². The molecule has 2 heterocycles. The highest BCUT2D eigenvalue weighted by Gasteiger charge is 2.13. The molecule has 0 amide bonds. The molecular formula is C12H12N4O3. The van der Waals surface area contributed by atoms with E-state index in [4.69, 9.17) is 5.73 Å². The van der Waals surface area contributed by atoms with Crippen molar-refractivity contribution in [1.29, 1.82) is 0 Å². The molecule has 2 rings (SSSR count). The lowest BCUT2D eigenvalue weighted by Gasteiger charge is -2.06. The van der Waals surface area contributed by atoms with Gasteiger partial charge in [0, 0.05) is 23.5 Å². The predicted molar refractivity (Wildman–Crippen MR) is 69.8 cm³/mol. The molecule has 0 aliphatic heterocycles. The Morgan fingerprint density at radius 3 is 2.84 bits per heavy atom. The maximum atomic E-state index is 11.8. The average molecular weight is 260 g/mol. The monoisotopic (exact) mass is 260 g/mol. The fraction of sp³-hybridized carbons (Fsp3) is 0.167. The van der Waals surface area contributed by atoms with E-state index in [9.17, 15) is 14.9 Å². The van der Waals surface area contributed by atoms with Crippen LogP contribution in [0.25, 0.3) is 0 Å². The third kappa shape index (κ3) is 2.76. The molecule has 0 atom stereocenters. The first kappa shape index (κ1) is 12.7. The highest BCUT2D eigenvalue weighted by molar-refractivity contribution is 5.38. The van der Waals surface area contributed by atoms with Crippen LogP contribution >= 0.6 is 0 Å². The van der Waals surface area contributed by atoms with Gasteiger partial charge in [0.25, 0.3) is 11.2 Å². The molecule has 2 aromatic rings. The summed E-state index contributed by atoms with van der Waals surface area (Å²) < 4.78 is 1.24. The van der Waals surface area contributed by atoms with Crippen molar-refractivity contribution < 1.29 is 4.92 Å². The molecule has 7 nitrogen and oxygen atoms in total. The van der Waals surface area contributed by atoms with E-state index < -0.39 is 4.92 Å². The van der Waals surface area contributed by atoms with Crippen LogP contribution in [0.4, 0.5) is 11.4 Å². The molecule has 0 aliphatic carbocycles. The van der Waals surface area contributed by atoms with Gasteiger partial charge in [0.15, 0.2) is 0 Å². The highest BCUT2D eigenvalue weighted by atomic mass is 16.6. The van der Waals surface area contributed by atoms with Crippen LogP contribution in [0.3, 0.4) is 0 Å². The van der Waals surface area contributed by atoms with Crippen molar-refractivity contribution in [3.05, 3.63) is 62.3 Å². The molecule has 2 aromatic heterocycles. The average Bonchev–Trinajstić information content (AvgIpc) is 2.32. The number of hydrogen-bond donors (Lipinski definition) is 1. The number of aryl methyl sites for hydroxylation is 1. The van der Waals surface area contributed by atoms with Gasteiger partial charge in [0.1, 0.15) is 0 Å². The van der Waals surface area contributed by atoms with Crippen molar-refractivity contribution in [3.63, 3.8) is 0 Å². The molecule has 0 radical (unpaired) electrons. The largest absolute Gasteiger partial charge is 0.399 e. The topological polar surface area (TPSA) is 104 Å². The predicted octanol–water partition coefficient (Wildman–Crippen LogP) is 1.09. The molecule has 7 heteroatoms. The number of aromatic nitrogens is 2. The maximum Gasteiger partial charge on any atom is 0.288 e. The fourth-order valence-corrected chi connectivity index (χ4v) is 1.73. The van der Waals surface area contributed by atoms with Crippen molar-refractivity contribution >= 4 is 11.4 Å². The molecule has 0 unspecified atom stereocenters. The quantitative estimate of drug-likeness (QED) is 0.657. The maximum absolute atomic E-state index is 11.8. The van der Waals surface area contributed by atoms with E-state index in [0.717, 1.165) is 0 Å². The lowest BCUT2D eigenvalue weighted by Crippen LogP contribution is -2.21. The summed E-state index contributed by atoms with van der Waals surface area (Å²) in [6, 6.07) is 4.49. The molecule has 0 aliphatic rings. The Morgan fingerprint density at radius 2 is 2.21 bits per heavy atom. The minimum Gasteiger partial charge on any atom is -0.399 e. The summed E-state index contributed by atoms with van der Waals surface area (Å²) in [5.74, 6) is 0. The van der Waals surface area contributed by atoms with E-state index in [1.54, 1.807) is 12.1 Å². The second-order valence-corrected chi connectivity index (χ2v) is 4.15. The molecule has 0 spiro atoms. The van der Waals surface area contributed by atoms with Gasteiger partial charge < -0.3 is 10.3 Å². The zero-order valence-electron chi connectivity index (χ0n) is 10.2. The highest BCUT2D eigenvalue weighted by Crippen LogP contribution is 2.14. The lowest BCUT2D eigenvalue weighted by atomic mass is 10.2. The van der Waals surface area contributed by atoms with Crippen molar-refractivity contribution in [2.45, 2.75) is 13.5 Å². The van der Waals surface area contributed by atoms with E-state index >= 15 is 0 Å². The third-order valence-electron chi connectivity index (χ3n) is 2.67. The zero-order valence-corrected chi connectivity index (χ0v) is 10.2. The van der Waals surface area contributed by atoms with Gasteiger partial charge in [0.05, 0.1) is 23.4 Å². The van der Waals surface area contributed by atoms with Crippen LogP contribution < -0.4 is 11.3 Å². The normalized spacial score (nSPS) is 10.4. The molecule has 2 N–H and O–H groups in total. The number of pyridine rings is 2. The number of nitrogens with two attached hydrogens (primary N) is 1. The Labute approximate surface area is 108 Å². The summed E-state index contributed by atoms with van der Waals surface area (Å²) in [5, 5.41) is 10.8.